The number of imidazole rings is 1. The fraction of sp³-hybridized carbons (Fsp3) is 0.333. The number of carbonyl (C=O) groups excluding carboxylic acids is 1. The summed E-state index contributed by atoms with van der Waals surface area (Å²) in [5.74, 6) is -0.443. The van der Waals surface area contributed by atoms with E-state index in [4.69, 9.17) is 22.3 Å². The van der Waals surface area contributed by atoms with Crippen molar-refractivity contribution in [3.05, 3.63) is 52.8 Å². The third-order valence-corrected chi connectivity index (χ3v) is 4.16. The lowest BCUT2D eigenvalue weighted by Crippen LogP contribution is -2.15. The summed E-state index contributed by atoms with van der Waals surface area (Å²) < 4.78 is 27.5. The number of amides is 1. The van der Waals surface area contributed by atoms with Crippen molar-refractivity contribution >= 4 is 29.0 Å². The molecule has 0 aliphatic heterocycles. The standard InChI is InChI=1S/C21H28F2N6O/c1-5-6-15(20(27)30)8-17(26)16(9-24)14(4)21-28-18(12(2)7-13(3)25)10-29(21)11-19(22)23/h6-10,19,24-25H,5,11,26H2,1-4H3,(H2,27,30)/b12-7+,15-6-,16-14+,17-8+,24-9?,25-13?. The highest BCUT2D eigenvalue weighted by Gasteiger charge is 2.18. The van der Waals surface area contributed by atoms with E-state index in [9.17, 15) is 13.6 Å². The van der Waals surface area contributed by atoms with Crippen molar-refractivity contribution in [1.82, 2.24) is 9.55 Å². The van der Waals surface area contributed by atoms with Gasteiger partial charge in [-0.25, -0.2) is 13.8 Å². The zero-order valence-electron chi connectivity index (χ0n) is 17.6. The Morgan fingerprint density at radius 3 is 2.37 bits per heavy atom. The fourth-order valence-corrected chi connectivity index (χ4v) is 2.82. The van der Waals surface area contributed by atoms with E-state index >= 15 is 0 Å². The van der Waals surface area contributed by atoms with Crippen LogP contribution in [0.15, 0.2) is 41.3 Å². The largest absolute Gasteiger partial charge is 0.398 e. The molecule has 0 fully saturated rings. The van der Waals surface area contributed by atoms with Crippen molar-refractivity contribution in [2.75, 3.05) is 0 Å². The average Bonchev–Trinajstić information content (AvgIpc) is 3.04. The number of hydrogen-bond donors (Lipinski definition) is 4. The molecular formula is C21H28F2N6O. The van der Waals surface area contributed by atoms with Crippen LogP contribution in [0.2, 0.25) is 0 Å². The number of alkyl halides is 2. The SMILES string of the molecule is CC/C=C(/C=C(N)\C(C=N)=C(/C)c1nc(/C(C)=C/C(C)=N)cn1CC(F)F)C(N)=O. The van der Waals surface area contributed by atoms with Crippen molar-refractivity contribution < 1.29 is 13.6 Å². The molecule has 9 heteroatoms. The second kappa shape index (κ2) is 11.0. The van der Waals surface area contributed by atoms with Gasteiger partial charge < -0.3 is 26.9 Å². The molecule has 0 radical (unpaired) electrons. The van der Waals surface area contributed by atoms with E-state index in [1.54, 1.807) is 32.9 Å². The van der Waals surface area contributed by atoms with Gasteiger partial charge in [0.1, 0.15) is 5.82 Å². The Morgan fingerprint density at radius 1 is 1.27 bits per heavy atom. The second-order valence-electron chi connectivity index (χ2n) is 6.72. The van der Waals surface area contributed by atoms with Gasteiger partial charge in [-0.15, -0.1) is 0 Å². The number of nitrogens with one attached hydrogen (secondary N) is 2. The molecule has 162 valence electrons. The van der Waals surface area contributed by atoms with Gasteiger partial charge in [0.05, 0.1) is 12.2 Å². The van der Waals surface area contributed by atoms with Crippen LogP contribution < -0.4 is 11.5 Å². The molecule has 1 heterocycles. The number of nitrogens with two attached hydrogens (primary N) is 2. The van der Waals surface area contributed by atoms with Crippen molar-refractivity contribution in [1.29, 1.82) is 10.8 Å². The van der Waals surface area contributed by atoms with Crippen LogP contribution in [0.1, 0.15) is 45.6 Å². The summed E-state index contributed by atoms with van der Waals surface area (Å²) in [7, 11) is 0. The molecule has 6 N–H and O–H groups in total. The second-order valence-corrected chi connectivity index (χ2v) is 6.72. The first kappa shape index (κ1) is 24.7. The monoisotopic (exact) mass is 418 g/mol. The van der Waals surface area contributed by atoms with E-state index in [1.807, 2.05) is 6.92 Å². The summed E-state index contributed by atoms with van der Waals surface area (Å²) >= 11 is 0. The summed E-state index contributed by atoms with van der Waals surface area (Å²) in [5.41, 5.74) is 13.7. The zero-order valence-corrected chi connectivity index (χ0v) is 17.6. The van der Waals surface area contributed by atoms with Gasteiger partial charge in [-0.3, -0.25) is 4.79 Å². The van der Waals surface area contributed by atoms with Gasteiger partial charge >= 0.3 is 0 Å². The van der Waals surface area contributed by atoms with Gasteiger partial charge in [0, 0.05) is 40.5 Å². The van der Waals surface area contributed by atoms with Gasteiger partial charge in [0.25, 0.3) is 6.43 Å². The number of allylic oxidation sites excluding steroid dienone is 5. The fourth-order valence-electron chi connectivity index (χ4n) is 2.82. The lowest BCUT2D eigenvalue weighted by Gasteiger charge is -2.11. The molecule has 7 nitrogen and oxygen atoms in total. The number of nitrogens with zero attached hydrogens (tertiary/aromatic N) is 2. The predicted molar refractivity (Wildman–Crippen MR) is 116 cm³/mol. The summed E-state index contributed by atoms with van der Waals surface area (Å²) in [5, 5.41) is 15.3. The van der Waals surface area contributed by atoms with Crippen LogP contribution in [0.5, 0.6) is 0 Å². The van der Waals surface area contributed by atoms with Gasteiger partial charge in [-0.2, -0.15) is 0 Å². The maximum absolute atomic E-state index is 13.1. The highest BCUT2D eigenvalue weighted by Crippen LogP contribution is 2.24. The molecule has 30 heavy (non-hydrogen) atoms. The minimum atomic E-state index is -2.61. The van der Waals surface area contributed by atoms with Crippen LogP contribution in [0.4, 0.5) is 8.78 Å². The number of primary amides is 1. The molecule has 0 aromatic carbocycles. The molecule has 0 saturated heterocycles. The zero-order chi connectivity index (χ0) is 23.0. The first-order valence-corrected chi connectivity index (χ1v) is 9.30. The number of carbonyl (C=O) groups is 1. The van der Waals surface area contributed by atoms with Crippen molar-refractivity contribution in [2.45, 2.75) is 47.1 Å². The average molecular weight is 418 g/mol. The molecule has 1 rings (SSSR count). The number of halogens is 2. The molecule has 0 aliphatic carbocycles. The Morgan fingerprint density at radius 2 is 1.90 bits per heavy atom. The number of aromatic nitrogens is 2. The van der Waals surface area contributed by atoms with E-state index in [1.165, 1.54) is 16.8 Å². The summed E-state index contributed by atoms with van der Waals surface area (Å²) in [6, 6.07) is 0. The van der Waals surface area contributed by atoms with Crippen LogP contribution in [-0.4, -0.2) is 33.8 Å². The van der Waals surface area contributed by atoms with Crippen molar-refractivity contribution in [3.8, 4) is 0 Å². The molecule has 1 aromatic heterocycles. The smallest absolute Gasteiger partial charge is 0.256 e. The van der Waals surface area contributed by atoms with Gasteiger partial charge in [-0.05, 0) is 44.9 Å². The molecule has 0 atom stereocenters. The van der Waals surface area contributed by atoms with Crippen LogP contribution in [0.3, 0.4) is 0 Å². The number of hydrogen-bond acceptors (Lipinski definition) is 5. The quantitative estimate of drug-likeness (QED) is 0.262. The third-order valence-electron chi connectivity index (χ3n) is 4.16. The maximum Gasteiger partial charge on any atom is 0.256 e. The predicted octanol–water partition coefficient (Wildman–Crippen LogP) is 3.68. The molecule has 1 aromatic rings. The normalized spacial score (nSPS) is 14.0. The molecule has 0 saturated carbocycles. The Labute approximate surface area is 174 Å². The van der Waals surface area contributed by atoms with Crippen LogP contribution >= 0.6 is 0 Å². The minimum Gasteiger partial charge on any atom is -0.398 e. The topological polar surface area (TPSA) is 135 Å². The van der Waals surface area contributed by atoms with Crippen molar-refractivity contribution in [2.24, 2.45) is 11.5 Å². The summed E-state index contributed by atoms with van der Waals surface area (Å²) in [6.07, 6.45) is 4.96. The van der Waals surface area contributed by atoms with Gasteiger partial charge in [-0.1, -0.05) is 13.0 Å². The molecule has 0 unspecified atom stereocenters. The van der Waals surface area contributed by atoms with E-state index in [0.717, 1.165) is 6.21 Å². The highest BCUT2D eigenvalue weighted by molar-refractivity contribution is 5.98. The lowest BCUT2D eigenvalue weighted by molar-refractivity contribution is -0.114. The van der Waals surface area contributed by atoms with E-state index < -0.39 is 18.9 Å². The minimum absolute atomic E-state index is 0.0942. The van der Waals surface area contributed by atoms with E-state index in [0.29, 0.717) is 29.0 Å². The van der Waals surface area contributed by atoms with Crippen LogP contribution in [-0.2, 0) is 11.3 Å². The first-order valence-electron chi connectivity index (χ1n) is 9.30. The lowest BCUT2D eigenvalue weighted by atomic mass is 10.0. The Hall–Kier alpha value is -3.36. The summed E-state index contributed by atoms with van der Waals surface area (Å²) in [6.45, 7) is 6.19. The van der Waals surface area contributed by atoms with Gasteiger partial charge in [0.2, 0.25) is 5.91 Å². The maximum atomic E-state index is 13.1. The van der Waals surface area contributed by atoms with Gasteiger partial charge in [0.15, 0.2) is 0 Å². The Balaban J connectivity index is 3.64. The third kappa shape index (κ3) is 6.61. The van der Waals surface area contributed by atoms with Crippen molar-refractivity contribution in [3.63, 3.8) is 0 Å². The molecular weight excluding hydrogens is 390 g/mol. The molecule has 0 spiro atoms. The van der Waals surface area contributed by atoms with E-state index in [2.05, 4.69) is 4.98 Å². The summed E-state index contributed by atoms with van der Waals surface area (Å²) in [4.78, 5) is 16.0. The first-order chi connectivity index (χ1) is 14.0. The van der Waals surface area contributed by atoms with Crippen LogP contribution in [0.25, 0.3) is 11.1 Å². The molecule has 1 amide bonds. The Kier molecular flexibility index (Phi) is 9.04. The highest BCUT2D eigenvalue weighted by atomic mass is 19.3. The molecule has 0 bridgehead atoms. The molecule has 0 aliphatic rings. The van der Waals surface area contributed by atoms with Crippen LogP contribution in [0, 0.1) is 10.8 Å². The van der Waals surface area contributed by atoms with E-state index in [-0.39, 0.29) is 22.7 Å². The number of rotatable bonds is 10. The Bertz CT molecular complexity index is 951.